The first-order valence-corrected chi connectivity index (χ1v) is 11.8. The predicted molar refractivity (Wildman–Crippen MR) is 128 cm³/mol. The number of carbonyl (C=O) groups excluding carboxylic acids is 2. The van der Waals surface area contributed by atoms with Crippen LogP contribution < -0.4 is 26.4 Å². The van der Waals surface area contributed by atoms with Crippen LogP contribution in [0.15, 0.2) is 41.8 Å². The van der Waals surface area contributed by atoms with Crippen LogP contribution in [0.25, 0.3) is 0 Å². The molecule has 10 heteroatoms. The van der Waals surface area contributed by atoms with E-state index >= 15 is 0 Å². The third kappa shape index (κ3) is 4.12. The fraction of sp³-hybridized carbons (Fsp3) is 0.348. The Labute approximate surface area is 196 Å². The number of fused-ring (bicyclic) bond motifs is 1. The monoisotopic (exact) mass is 465 g/mol. The Bertz CT molecular complexity index is 1190. The first kappa shape index (κ1) is 21.6. The van der Waals surface area contributed by atoms with Crippen LogP contribution in [0.3, 0.4) is 0 Å². The second-order valence-corrected chi connectivity index (χ2v) is 9.53. The first-order valence-electron chi connectivity index (χ1n) is 10.9. The maximum Gasteiger partial charge on any atom is 0.230 e. The van der Waals surface area contributed by atoms with Gasteiger partial charge >= 0.3 is 0 Å². The highest BCUT2D eigenvalue weighted by molar-refractivity contribution is 7.10. The van der Waals surface area contributed by atoms with Crippen molar-refractivity contribution in [2.24, 2.45) is 5.92 Å². The summed E-state index contributed by atoms with van der Waals surface area (Å²) in [6.45, 7) is 6.55. The summed E-state index contributed by atoms with van der Waals surface area (Å²) in [7, 11) is 0. The van der Waals surface area contributed by atoms with E-state index in [2.05, 4.69) is 52.5 Å². The second kappa shape index (κ2) is 8.62. The molecule has 172 valence electrons. The molecule has 2 aliphatic heterocycles. The molecule has 0 aliphatic carbocycles. The van der Waals surface area contributed by atoms with Gasteiger partial charge in [-0.25, -0.2) is 10.1 Å². The summed E-state index contributed by atoms with van der Waals surface area (Å²) < 4.78 is 1.63. The van der Waals surface area contributed by atoms with Crippen LogP contribution in [0, 0.1) is 26.7 Å². The largest absolute Gasteiger partial charge is 0.321 e. The number of hydrazine groups is 1. The van der Waals surface area contributed by atoms with Gasteiger partial charge in [0.1, 0.15) is 12.0 Å². The number of aromatic nitrogens is 2. The van der Waals surface area contributed by atoms with Crippen LogP contribution in [0.5, 0.6) is 0 Å². The van der Waals surface area contributed by atoms with Gasteiger partial charge in [-0.05, 0) is 49.4 Å². The molecule has 2 aliphatic rings. The van der Waals surface area contributed by atoms with Gasteiger partial charge in [0.05, 0.1) is 23.7 Å². The van der Waals surface area contributed by atoms with Gasteiger partial charge in [-0.3, -0.25) is 19.9 Å². The number of hydrogen-bond donors (Lipinski definition) is 4. The minimum absolute atomic E-state index is 0.0620. The average molecular weight is 466 g/mol. The van der Waals surface area contributed by atoms with Crippen molar-refractivity contribution in [3.05, 3.63) is 63.5 Å². The van der Waals surface area contributed by atoms with Crippen molar-refractivity contribution in [1.82, 2.24) is 25.8 Å². The topological polar surface area (TPSA) is 103 Å². The van der Waals surface area contributed by atoms with Crippen molar-refractivity contribution in [3.8, 4) is 0 Å². The molecular weight excluding hydrogens is 438 g/mol. The van der Waals surface area contributed by atoms with Crippen molar-refractivity contribution >= 4 is 34.7 Å². The summed E-state index contributed by atoms with van der Waals surface area (Å²) in [6, 6.07) is 11.8. The van der Waals surface area contributed by atoms with Crippen LogP contribution in [-0.4, -0.2) is 34.3 Å². The van der Waals surface area contributed by atoms with Crippen LogP contribution in [-0.2, 0) is 16.0 Å². The number of nitrogens with one attached hydrogen (secondary N) is 4. The average Bonchev–Trinajstić information content (AvgIpc) is 3.51. The number of anilines is 2. The number of aryl methyl sites for hydroxylation is 2. The van der Waals surface area contributed by atoms with Crippen molar-refractivity contribution < 1.29 is 9.59 Å². The van der Waals surface area contributed by atoms with E-state index in [-0.39, 0.29) is 23.9 Å². The molecule has 1 aromatic carbocycles. The fourth-order valence-corrected chi connectivity index (χ4v) is 5.09. The first-order chi connectivity index (χ1) is 15.9. The minimum Gasteiger partial charge on any atom is -0.321 e. The lowest BCUT2D eigenvalue weighted by atomic mass is 10.0. The number of rotatable bonds is 5. The molecule has 2 aromatic heterocycles. The molecule has 5 rings (SSSR count). The van der Waals surface area contributed by atoms with Crippen LogP contribution >= 0.6 is 11.3 Å². The third-order valence-corrected chi connectivity index (χ3v) is 7.08. The highest BCUT2D eigenvalue weighted by Crippen LogP contribution is 2.31. The van der Waals surface area contributed by atoms with E-state index in [0.29, 0.717) is 18.8 Å². The second-order valence-electron chi connectivity index (χ2n) is 8.50. The van der Waals surface area contributed by atoms with Crippen LogP contribution in [0.4, 0.5) is 11.5 Å². The van der Waals surface area contributed by atoms with Crippen molar-refractivity contribution in [1.29, 1.82) is 0 Å². The van der Waals surface area contributed by atoms with Crippen LogP contribution in [0.1, 0.15) is 28.0 Å². The zero-order chi connectivity index (χ0) is 23.1. The number of carbonyl (C=O) groups is 2. The van der Waals surface area contributed by atoms with Crippen molar-refractivity contribution in [3.63, 3.8) is 0 Å². The van der Waals surface area contributed by atoms with Gasteiger partial charge in [0.15, 0.2) is 6.29 Å². The Morgan fingerprint density at radius 3 is 2.88 bits per heavy atom. The molecular formula is C23H27N7O2S. The maximum absolute atomic E-state index is 13.0. The summed E-state index contributed by atoms with van der Waals surface area (Å²) in [4.78, 5) is 26.6. The quantitative estimate of drug-likeness (QED) is 0.461. The minimum atomic E-state index is -0.600. The third-order valence-electron chi connectivity index (χ3n) is 6.21. The maximum atomic E-state index is 13.0. The van der Waals surface area contributed by atoms with E-state index in [4.69, 9.17) is 0 Å². The summed E-state index contributed by atoms with van der Waals surface area (Å²) in [6.07, 6.45) is -0.568. The summed E-state index contributed by atoms with van der Waals surface area (Å²) in [5.74, 6) is 0.0930. The molecule has 3 unspecified atom stereocenters. The van der Waals surface area contributed by atoms with E-state index in [1.54, 1.807) is 16.0 Å². The number of amides is 2. The molecule has 9 nitrogen and oxygen atoms in total. The van der Waals surface area contributed by atoms with E-state index in [1.807, 2.05) is 41.6 Å². The molecule has 2 amide bonds. The Morgan fingerprint density at radius 1 is 1.24 bits per heavy atom. The number of benzene rings is 1. The molecule has 0 radical (unpaired) electrons. The molecule has 0 bridgehead atoms. The van der Waals surface area contributed by atoms with E-state index in [0.717, 1.165) is 21.8 Å². The summed E-state index contributed by atoms with van der Waals surface area (Å²) in [5.41, 5.74) is 7.50. The molecule has 3 aromatic rings. The Morgan fingerprint density at radius 2 is 2.09 bits per heavy atom. The highest BCUT2D eigenvalue weighted by atomic mass is 32.1. The smallest absolute Gasteiger partial charge is 0.230 e. The normalized spacial score (nSPS) is 22.2. The zero-order valence-corrected chi connectivity index (χ0v) is 19.6. The SMILES string of the molecule is Cc1cc(NC(=O)Cc2cccs2)n(C2NC(=O)C3CNN(c4cccc(C)c4C)C3N2)n1. The Hall–Kier alpha value is -3.21. The molecule has 0 saturated carbocycles. The standard InChI is InChI=1S/C23H27N7O2S/c1-13-6-4-8-18(15(13)3)29-21-17(12-24-29)22(32)27-23(26-21)30-19(10-14(2)28-30)25-20(31)11-16-7-5-9-33-16/h4-10,17,21,23-24,26H,11-12H2,1-3H3,(H,25,31)(H,27,32). The number of hydrogen-bond acceptors (Lipinski definition) is 7. The fourth-order valence-electron chi connectivity index (χ4n) is 4.39. The van der Waals surface area contributed by atoms with E-state index in [1.165, 1.54) is 5.56 Å². The van der Waals surface area contributed by atoms with Gasteiger partial charge in [0, 0.05) is 17.5 Å². The van der Waals surface area contributed by atoms with Crippen LogP contribution in [0.2, 0.25) is 0 Å². The van der Waals surface area contributed by atoms with Gasteiger partial charge < -0.3 is 10.6 Å². The van der Waals surface area contributed by atoms with Gasteiger partial charge in [0.25, 0.3) is 0 Å². The molecule has 3 atom stereocenters. The summed E-state index contributed by atoms with van der Waals surface area (Å²) in [5, 5.41) is 18.0. The molecule has 2 fully saturated rings. The lowest BCUT2D eigenvalue weighted by molar-refractivity contribution is -0.129. The van der Waals surface area contributed by atoms with Gasteiger partial charge in [-0.15, -0.1) is 11.3 Å². The number of nitrogens with zero attached hydrogens (tertiary/aromatic N) is 3. The van der Waals surface area contributed by atoms with Gasteiger partial charge in [0.2, 0.25) is 11.8 Å². The Kier molecular flexibility index (Phi) is 5.65. The zero-order valence-electron chi connectivity index (χ0n) is 18.8. The highest BCUT2D eigenvalue weighted by Gasteiger charge is 2.45. The summed E-state index contributed by atoms with van der Waals surface area (Å²) >= 11 is 1.55. The van der Waals surface area contributed by atoms with Gasteiger partial charge in [-0.2, -0.15) is 5.10 Å². The molecule has 2 saturated heterocycles. The Balaban J connectivity index is 1.39. The van der Waals surface area contributed by atoms with E-state index < -0.39 is 6.29 Å². The lowest BCUT2D eigenvalue weighted by Crippen LogP contribution is -2.62. The van der Waals surface area contributed by atoms with Gasteiger partial charge in [-0.1, -0.05) is 18.2 Å². The molecule has 4 heterocycles. The van der Waals surface area contributed by atoms with Crippen molar-refractivity contribution in [2.45, 2.75) is 39.6 Å². The predicted octanol–water partition coefficient (Wildman–Crippen LogP) is 2.19. The number of thiophene rings is 1. The lowest BCUT2D eigenvalue weighted by Gasteiger charge is -2.38. The molecule has 4 N–H and O–H groups in total. The molecule has 33 heavy (non-hydrogen) atoms. The molecule has 0 spiro atoms. The van der Waals surface area contributed by atoms with E-state index in [9.17, 15) is 9.59 Å². The van der Waals surface area contributed by atoms with Crippen molar-refractivity contribution in [2.75, 3.05) is 16.9 Å².